The first-order valence-electron chi connectivity index (χ1n) is 11.1. The number of benzene rings is 2. The number of nitrogens with zero attached hydrogens (tertiary/aromatic N) is 1. The smallest absolute Gasteiger partial charge is 0.308 e. The molecule has 2 aliphatic heterocycles. The highest BCUT2D eigenvalue weighted by molar-refractivity contribution is 6.31. The fourth-order valence-corrected chi connectivity index (χ4v) is 4.70. The third kappa shape index (κ3) is 4.94. The maximum absolute atomic E-state index is 12.8. The number of hydrogen-bond acceptors (Lipinski definition) is 6. The summed E-state index contributed by atoms with van der Waals surface area (Å²) < 4.78 is 16.7. The summed E-state index contributed by atoms with van der Waals surface area (Å²) in [5.41, 5.74) is 1.52. The van der Waals surface area contributed by atoms with Crippen LogP contribution >= 0.6 is 11.6 Å². The lowest BCUT2D eigenvalue weighted by Crippen LogP contribution is -2.52. The molecule has 0 atom stereocenters. The Labute approximate surface area is 203 Å². The predicted octanol–water partition coefficient (Wildman–Crippen LogP) is 4.62. The summed E-state index contributed by atoms with van der Waals surface area (Å²) in [6.07, 6.45) is 4.63. The van der Waals surface area contributed by atoms with E-state index < -0.39 is 11.6 Å². The van der Waals surface area contributed by atoms with Crippen molar-refractivity contribution in [3.05, 3.63) is 58.1 Å². The first-order valence-corrected chi connectivity index (χ1v) is 11.4. The number of methoxy groups -OCH3 is 1. The summed E-state index contributed by atoms with van der Waals surface area (Å²) in [5, 5.41) is 0.523. The zero-order chi connectivity index (χ0) is 24.5. The fraction of sp³-hybridized carbons (Fsp3) is 0.346. The van der Waals surface area contributed by atoms with Crippen LogP contribution in [0.1, 0.15) is 47.7 Å². The molecule has 0 aliphatic carbocycles. The summed E-state index contributed by atoms with van der Waals surface area (Å²) in [7, 11) is 1.48. The Hall–Kier alpha value is -3.32. The number of hydrogen-bond donors (Lipinski definition) is 0. The number of aryl methyl sites for hydroxylation is 1. The van der Waals surface area contributed by atoms with Crippen molar-refractivity contribution in [1.29, 1.82) is 0 Å². The Morgan fingerprint density at radius 1 is 1.15 bits per heavy atom. The van der Waals surface area contributed by atoms with E-state index in [-0.39, 0.29) is 18.1 Å². The molecule has 1 saturated heterocycles. The van der Waals surface area contributed by atoms with E-state index in [2.05, 4.69) is 0 Å². The lowest BCUT2D eigenvalue weighted by Gasteiger charge is -2.44. The molecule has 1 amide bonds. The van der Waals surface area contributed by atoms with Gasteiger partial charge in [-0.2, -0.15) is 0 Å². The number of fused-ring (bicyclic) bond motifs is 1. The van der Waals surface area contributed by atoms with E-state index in [4.69, 9.17) is 25.8 Å². The lowest BCUT2D eigenvalue weighted by molar-refractivity contribution is -0.132. The van der Waals surface area contributed by atoms with Crippen molar-refractivity contribution in [2.24, 2.45) is 0 Å². The van der Waals surface area contributed by atoms with Gasteiger partial charge in [0.2, 0.25) is 5.91 Å². The van der Waals surface area contributed by atoms with Crippen LogP contribution in [0.2, 0.25) is 5.02 Å². The van der Waals surface area contributed by atoms with Crippen LogP contribution in [0.5, 0.6) is 17.2 Å². The number of esters is 1. The van der Waals surface area contributed by atoms with Gasteiger partial charge in [0.25, 0.3) is 0 Å². The number of piperidine rings is 1. The van der Waals surface area contributed by atoms with Crippen LogP contribution < -0.4 is 14.2 Å². The first kappa shape index (κ1) is 23.8. The van der Waals surface area contributed by atoms with Gasteiger partial charge in [-0.15, -0.1) is 0 Å². The quantitative estimate of drug-likeness (QED) is 0.358. The van der Waals surface area contributed by atoms with E-state index in [1.807, 2.05) is 6.92 Å². The van der Waals surface area contributed by atoms with Crippen LogP contribution in [-0.4, -0.2) is 48.4 Å². The number of ketones is 1. The van der Waals surface area contributed by atoms with Crippen LogP contribution in [0.4, 0.5) is 0 Å². The Morgan fingerprint density at radius 2 is 1.88 bits per heavy atom. The van der Waals surface area contributed by atoms with E-state index >= 15 is 0 Å². The molecule has 0 N–H and O–H groups in total. The molecule has 0 bridgehead atoms. The number of halogens is 1. The highest BCUT2D eigenvalue weighted by atomic mass is 35.5. The van der Waals surface area contributed by atoms with E-state index in [1.165, 1.54) is 20.1 Å². The minimum Gasteiger partial charge on any atom is -0.493 e. The number of Topliss-reactive ketones (excluding diaryl/α,β-unsaturated/α-hetero) is 1. The number of amides is 1. The van der Waals surface area contributed by atoms with E-state index in [0.29, 0.717) is 53.8 Å². The van der Waals surface area contributed by atoms with Crippen molar-refractivity contribution in [1.82, 2.24) is 4.90 Å². The van der Waals surface area contributed by atoms with Gasteiger partial charge in [0, 0.05) is 44.0 Å². The average Bonchev–Trinajstić information content (AvgIpc) is 2.79. The third-order valence-corrected chi connectivity index (χ3v) is 6.41. The second-order valence-corrected chi connectivity index (χ2v) is 9.08. The minimum absolute atomic E-state index is 0.0256. The third-order valence-electron chi connectivity index (χ3n) is 6.19. The zero-order valence-electron chi connectivity index (χ0n) is 19.4. The van der Waals surface area contributed by atoms with Crippen molar-refractivity contribution in [3.63, 3.8) is 0 Å². The van der Waals surface area contributed by atoms with Gasteiger partial charge in [-0.25, -0.2) is 0 Å². The molecule has 0 saturated carbocycles. The molecule has 1 spiro atoms. The zero-order valence-corrected chi connectivity index (χ0v) is 20.1. The average molecular weight is 484 g/mol. The van der Waals surface area contributed by atoms with E-state index in [1.54, 1.807) is 41.3 Å². The van der Waals surface area contributed by atoms with Crippen LogP contribution in [0, 0.1) is 6.92 Å². The molecule has 0 radical (unpaired) electrons. The van der Waals surface area contributed by atoms with Crippen LogP contribution in [-0.2, 0) is 9.59 Å². The van der Waals surface area contributed by atoms with Crippen LogP contribution in [0.15, 0.2) is 36.4 Å². The first-order chi connectivity index (χ1) is 16.2. The molecule has 2 aromatic carbocycles. The Balaban J connectivity index is 1.41. The van der Waals surface area contributed by atoms with Gasteiger partial charge in [-0.3, -0.25) is 14.4 Å². The number of carbonyl (C=O) groups excluding carboxylic acids is 3. The largest absolute Gasteiger partial charge is 0.493 e. The molecule has 34 heavy (non-hydrogen) atoms. The monoisotopic (exact) mass is 483 g/mol. The van der Waals surface area contributed by atoms with Gasteiger partial charge in [0.1, 0.15) is 11.4 Å². The summed E-state index contributed by atoms with van der Waals surface area (Å²) in [6, 6.07) is 8.52. The van der Waals surface area contributed by atoms with Gasteiger partial charge >= 0.3 is 5.97 Å². The Morgan fingerprint density at radius 3 is 2.56 bits per heavy atom. The number of likely N-dealkylation sites (tertiary alicyclic amines) is 1. The van der Waals surface area contributed by atoms with Crippen molar-refractivity contribution >= 4 is 35.3 Å². The topological polar surface area (TPSA) is 82.1 Å². The second kappa shape index (κ2) is 9.50. The van der Waals surface area contributed by atoms with Gasteiger partial charge < -0.3 is 19.1 Å². The maximum atomic E-state index is 12.8. The highest BCUT2D eigenvalue weighted by Gasteiger charge is 2.44. The molecule has 0 aromatic heterocycles. The SMILES string of the molecule is COc1cc(/C=C/C(=O)N2CCC3(CC2)CC(=O)c2cc(Cl)cc(C)c2O3)ccc1OC(C)=O. The van der Waals surface area contributed by atoms with Crippen molar-refractivity contribution in [3.8, 4) is 17.2 Å². The molecule has 178 valence electrons. The highest BCUT2D eigenvalue weighted by Crippen LogP contribution is 2.42. The van der Waals surface area contributed by atoms with Gasteiger partial charge in [0.15, 0.2) is 17.3 Å². The molecule has 2 aliphatic rings. The summed E-state index contributed by atoms with van der Waals surface area (Å²) in [5.74, 6) is 0.792. The van der Waals surface area contributed by atoms with E-state index in [9.17, 15) is 14.4 Å². The Bertz CT molecular complexity index is 1180. The Kier molecular flexibility index (Phi) is 6.66. The molecular formula is C26H26ClNO6. The van der Waals surface area contributed by atoms with Crippen molar-refractivity contribution < 1.29 is 28.6 Å². The number of rotatable bonds is 4. The van der Waals surface area contributed by atoms with Gasteiger partial charge in [-0.1, -0.05) is 17.7 Å². The molecule has 4 rings (SSSR count). The molecule has 2 aromatic rings. The molecule has 7 nitrogen and oxygen atoms in total. The fourth-order valence-electron chi connectivity index (χ4n) is 4.43. The summed E-state index contributed by atoms with van der Waals surface area (Å²) in [6.45, 7) is 4.19. The minimum atomic E-state index is -0.594. The van der Waals surface area contributed by atoms with Gasteiger partial charge in [-0.05, 0) is 48.4 Å². The van der Waals surface area contributed by atoms with Crippen LogP contribution in [0.3, 0.4) is 0 Å². The molecule has 8 heteroatoms. The second-order valence-electron chi connectivity index (χ2n) is 8.65. The lowest BCUT2D eigenvalue weighted by atomic mass is 9.82. The van der Waals surface area contributed by atoms with Crippen molar-refractivity contribution in [2.45, 2.75) is 38.7 Å². The maximum Gasteiger partial charge on any atom is 0.308 e. The number of ether oxygens (including phenoxy) is 3. The molecular weight excluding hydrogens is 458 g/mol. The molecule has 1 fully saturated rings. The standard InChI is InChI=1S/C26H26ClNO6/c1-16-12-19(27)14-20-21(30)15-26(34-25(16)20)8-10-28(11-9-26)24(31)7-5-18-4-6-22(33-17(2)29)23(13-18)32-3/h4-7,12-14H,8-11,15H2,1-3H3/b7-5+. The predicted molar refractivity (Wildman–Crippen MR) is 128 cm³/mol. The molecule has 2 heterocycles. The number of carbonyl (C=O) groups is 3. The van der Waals surface area contributed by atoms with Gasteiger partial charge in [0.05, 0.1) is 19.1 Å². The molecule has 0 unspecified atom stereocenters. The normalized spacial score (nSPS) is 16.8. The summed E-state index contributed by atoms with van der Waals surface area (Å²) >= 11 is 6.11. The summed E-state index contributed by atoms with van der Waals surface area (Å²) in [4.78, 5) is 38.5. The van der Waals surface area contributed by atoms with E-state index in [0.717, 1.165) is 11.1 Å². The van der Waals surface area contributed by atoms with Crippen LogP contribution in [0.25, 0.3) is 6.08 Å². The van der Waals surface area contributed by atoms with Crippen molar-refractivity contribution in [2.75, 3.05) is 20.2 Å².